The highest BCUT2D eigenvalue weighted by Crippen LogP contribution is 2.37. The van der Waals surface area contributed by atoms with Gasteiger partial charge in [0.05, 0.1) is 18.1 Å². The van der Waals surface area contributed by atoms with Gasteiger partial charge in [0.15, 0.2) is 0 Å². The molecule has 0 aromatic heterocycles. The van der Waals surface area contributed by atoms with Gasteiger partial charge in [0.25, 0.3) is 0 Å². The first-order valence-electron chi connectivity index (χ1n) is 8.74. The summed E-state index contributed by atoms with van der Waals surface area (Å²) in [7, 11) is 0. The molecule has 1 unspecified atom stereocenters. The number of carboxylic acid groups (broad SMARTS) is 1. The van der Waals surface area contributed by atoms with E-state index in [-0.39, 0.29) is 29.4 Å². The summed E-state index contributed by atoms with van der Waals surface area (Å²) in [5, 5.41) is 9.55. The van der Waals surface area contributed by atoms with Crippen molar-refractivity contribution >= 4 is 11.9 Å². The standard InChI is InChI=1S/C18H34N2O4/c1-17(2,3)14(16(22)23)12-7-9-20(10-8-12)15(21)13(19)11-24-18(4,5)6/h12-14H,7-11,19H2,1-6H3,(H,22,23)/t13-,14?/m0/s1. The molecule has 3 N–H and O–H groups in total. The number of likely N-dealkylation sites (tertiary alicyclic amines) is 1. The molecule has 1 aliphatic heterocycles. The van der Waals surface area contributed by atoms with E-state index in [0.717, 1.165) is 0 Å². The summed E-state index contributed by atoms with van der Waals surface area (Å²) in [6.07, 6.45) is 1.40. The van der Waals surface area contributed by atoms with Gasteiger partial charge in [-0.15, -0.1) is 0 Å². The topological polar surface area (TPSA) is 92.9 Å². The first kappa shape index (κ1) is 20.9. The average molecular weight is 342 g/mol. The Balaban J connectivity index is 2.58. The van der Waals surface area contributed by atoms with Gasteiger partial charge in [-0.25, -0.2) is 0 Å². The number of hydrogen-bond acceptors (Lipinski definition) is 4. The summed E-state index contributed by atoms with van der Waals surface area (Å²) in [5.41, 5.74) is 5.34. The van der Waals surface area contributed by atoms with E-state index >= 15 is 0 Å². The van der Waals surface area contributed by atoms with Crippen LogP contribution in [0, 0.1) is 17.3 Å². The van der Waals surface area contributed by atoms with E-state index < -0.39 is 17.9 Å². The van der Waals surface area contributed by atoms with E-state index in [1.165, 1.54) is 0 Å². The number of ether oxygens (including phenoxy) is 1. The van der Waals surface area contributed by atoms with E-state index in [2.05, 4.69) is 0 Å². The maximum absolute atomic E-state index is 12.4. The maximum Gasteiger partial charge on any atom is 0.307 e. The number of piperidine rings is 1. The van der Waals surface area contributed by atoms with Gasteiger partial charge < -0.3 is 20.5 Å². The molecule has 6 nitrogen and oxygen atoms in total. The minimum atomic E-state index is -0.748. The summed E-state index contributed by atoms with van der Waals surface area (Å²) in [6.45, 7) is 13.0. The summed E-state index contributed by atoms with van der Waals surface area (Å²) < 4.78 is 5.59. The molecule has 0 aromatic rings. The van der Waals surface area contributed by atoms with Crippen molar-refractivity contribution in [3.63, 3.8) is 0 Å². The Morgan fingerprint density at radius 3 is 2.04 bits per heavy atom. The van der Waals surface area contributed by atoms with Crippen LogP contribution in [0.4, 0.5) is 0 Å². The van der Waals surface area contributed by atoms with Crippen molar-refractivity contribution in [2.75, 3.05) is 19.7 Å². The molecule has 1 aliphatic rings. The predicted molar refractivity (Wildman–Crippen MR) is 93.6 cm³/mol. The quantitative estimate of drug-likeness (QED) is 0.798. The summed E-state index contributed by atoms with van der Waals surface area (Å²) in [6, 6.07) is -0.668. The second-order valence-electron chi connectivity index (χ2n) is 8.87. The lowest BCUT2D eigenvalue weighted by Gasteiger charge is -2.40. The molecule has 6 heteroatoms. The SMILES string of the molecule is CC(C)(C)OC[C@H](N)C(=O)N1CCC(C(C(=O)O)C(C)(C)C)CC1. The minimum absolute atomic E-state index is 0.0913. The van der Waals surface area contributed by atoms with Crippen LogP contribution >= 0.6 is 0 Å². The highest BCUT2D eigenvalue weighted by atomic mass is 16.5. The molecule has 1 saturated heterocycles. The molecule has 140 valence electrons. The lowest BCUT2D eigenvalue weighted by atomic mass is 9.70. The van der Waals surface area contributed by atoms with Crippen molar-refractivity contribution in [1.29, 1.82) is 0 Å². The van der Waals surface area contributed by atoms with Gasteiger partial charge in [0.1, 0.15) is 6.04 Å². The predicted octanol–water partition coefficient (Wildman–Crippen LogP) is 2.11. The monoisotopic (exact) mass is 342 g/mol. The van der Waals surface area contributed by atoms with Crippen LogP contribution in [0.1, 0.15) is 54.4 Å². The highest BCUT2D eigenvalue weighted by Gasteiger charge is 2.40. The van der Waals surface area contributed by atoms with E-state index in [9.17, 15) is 14.7 Å². The Labute approximate surface area is 145 Å². The number of carbonyl (C=O) groups is 2. The number of nitrogens with zero attached hydrogens (tertiary/aromatic N) is 1. The molecule has 1 rings (SSSR count). The Hall–Kier alpha value is -1.14. The number of hydrogen-bond donors (Lipinski definition) is 2. The molecule has 0 bridgehead atoms. The van der Waals surface area contributed by atoms with Gasteiger partial charge in [-0.05, 0) is 44.9 Å². The van der Waals surface area contributed by atoms with Crippen molar-refractivity contribution in [2.45, 2.75) is 66.0 Å². The number of carbonyl (C=O) groups excluding carboxylic acids is 1. The van der Waals surface area contributed by atoms with Crippen LogP contribution < -0.4 is 5.73 Å². The molecule has 2 atom stereocenters. The molecule has 1 fully saturated rings. The van der Waals surface area contributed by atoms with Crippen molar-refractivity contribution in [1.82, 2.24) is 4.90 Å². The fraction of sp³-hybridized carbons (Fsp3) is 0.889. The molecular weight excluding hydrogens is 308 g/mol. The smallest absolute Gasteiger partial charge is 0.307 e. The van der Waals surface area contributed by atoms with Gasteiger partial charge in [-0.2, -0.15) is 0 Å². The lowest BCUT2D eigenvalue weighted by molar-refractivity contribution is -0.149. The van der Waals surface area contributed by atoms with E-state index in [1.54, 1.807) is 4.90 Å². The second-order valence-corrected chi connectivity index (χ2v) is 8.87. The Morgan fingerprint density at radius 1 is 1.17 bits per heavy atom. The molecule has 0 spiro atoms. The zero-order valence-corrected chi connectivity index (χ0v) is 16.0. The number of amides is 1. The van der Waals surface area contributed by atoms with Crippen molar-refractivity contribution < 1.29 is 19.4 Å². The zero-order valence-electron chi connectivity index (χ0n) is 16.0. The third-order valence-electron chi connectivity index (χ3n) is 4.53. The van der Waals surface area contributed by atoms with E-state index in [1.807, 2.05) is 41.5 Å². The summed E-state index contributed by atoms with van der Waals surface area (Å²) >= 11 is 0. The molecular formula is C18H34N2O4. The van der Waals surface area contributed by atoms with E-state index in [4.69, 9.17) is 10.5 Å². The van der Waals surface area contributed by atoms with Crippen LogP contribution in [-0.4, -0.2) is 53.2 Å². The lowest BCUT2D eigenvalue weighted by Crippen LogP contribution is -2.51. The first-order valence-corrected chi connectivity index (χ1v) is 8.74. The first-order chi connectivity index (χ1) is 10.8. The van der Waals surface area contributed by atoms with Crippen LogP contribution in [0.2, 0.25) is 0 Å². The molecule has 0 saturated carbocycles. The zero-order chi connectivity index (χ0) is 18.7. The van der Waals surface area contributed by atoms with Crippen LogP contribution in [0.3, 0.4) is 0 Å². The van der Waals surface area contributed by atoms with Gasteiger partial charge in [-0.1, -0.05) is 20.8 Å². The van der Waals surface area contributed by atoms with Gasteiger partial charge in [0, 0.05) is 13.1 Å². The highest BCUT2D eigenvalue weighted by molar-refractivity contribution is 5.82. The van der Waals surface area contributed by atoms with Crippen LogP contribution in [0.25, 0.3) is 0 Å². The number of carboxylic acids is 1. The summed E-state index contributed by atoms with van der Waals surface area (Å²) in [5.74, 6) is -1.16. The minimum Gasteiger partial charge on any atom is -0.481 e. The Morgan fingerprint density at radius 2 is 1.67 bits per heavy atom. The second kappa shape index (κ2) is 7.83. The molecule has 24 heavy (non-hydrogen) atoms. The Bertz CT molecular complexity index is 443. The largest absolute Gasteiger partial charge is 0.481 e. The number of nitrogens with two attached hydrogens (primary N) is 1. The number of aliphatic carboxylic acids is 1. The molecule has 0 aliphatic carbocycles. The van der Waals surface area contributed by atoms with Crippen molar-refractivity contribution in [3.05, 3.63) is 0 Å². The van der Waals surface area contributed by atoms with Crippen LogP contribution in [-0.2, 0) is 14.3 Å². The normalized spacial score (nSPS) is 19.9. The van der Waals surface area contributed by atoms with Gasteiger partial charge >= 0.3 is 5.97 Å². The molecule has 1 heterocycles. The third-order valence-corrected chi connectivity index (χ3v) is 4.53. The van der Waals surface area contributed by atoms with E-state index in [0.29, 0.717) is 25.9 Å². The van der Waals surface area contributed by atoms with Crippen molar-refractivity contribution in [2.24, 2.45) is 23.0 Å². The average Bonchev–Trinajstić information content (AvgIpc) is 2.42. The molecule has 0 aromatic carbocycles. The third kappa shape index (κ3) is 6.06. The van der Waals surface area contributed by atoms with Gasteiger partial charge in [0.2, 0.25) is 5.91 Å². The maximum atomic E-state index is 12.4. The molecule has 1 amide bonds. The Kier molecular flexibility index (Phi) is 6.82. The molecule has 0 radical (unpaired) electrons. The number of rotatable bonds is 5. The van der Waals surface area contributed by atoms with Crippen LogP contribution in [0.15, 0.2) is 0 Å². The fourth-order valence-corrected chi connectivity index (χ4v) is 3.38. The fourth-order valence-electron chi connectivity index (χ4n) is 3.38. The van der Waals surface area contributed by atoms with Crippen molar-refractivity contribution in [3.8, 4) is 0 Å². The van der Waals surface area contributed by atoms with Gasteiger partial charge in [-0.3, -0.25) is 9.59 Å². The van der Waals surface area contributed by atoms with Crippen LogP contribution in [0.5, 0.6) is 0 Å². The summed E-state index contributed by atoms with van der Waals surface area (Å²) in [4.78, 5) is 25.8.